The number of amides is 2. The number of carbonyl (C=O) groups is 2. The number of rotatable bonds is 5. The molecule has 24 heavy (non-hydrogen) atoms. The van der Waals surface area contributed by atoms with Gasteiger partial charge in [-0.1, -0.05) is 23.8 Å². The van der Waals surface area contributed by atoms with Gasteiger partial charge in [-0.25, -0.2) is 4.39 Å². The van der Waals surface area contributed by atoms with Gasteiger partial charge < -0.3 is 10.2 Å². The van der Waals surface area contributed by atoms with Crippen LogP contribution in [0.25, 0.3) is 0 Å². The molecule has 0 saturated heterocycles. The van der Waals surface area contributed by atoms with Gasteiger partial charge >= 0.3 is 0 Å². The smallest absolute Gasteiger partial charge is 0.226 e. The highest BCUT2D eigenvalue weighted by Gasteiger charge is 2.14. The van der Waals surface area contributed by atoms with Crippen molar-refractivity contribution in [3.63, 3.8) is 0 Å². The van der Waals surface area contributed by atoms with E-state index in [9.17, 15) is 14.0 Å². The number of nitrogens with one attached hydrogen (secondary N) is 1. The zero-order valence-corrected chi connectivity index (χ0v) is 14.1. The van der Waals surface area contributed by atoms with E-state index in [4.69, 9.17) is 0 Å². The molecule has 0 atom stereocenters. The van der Waals surface area contributed by atoms with E-state index in [0.717, 1.165) is 16.8 Å². The van der Waals surface area contributed by atoms with Crippen LogP contribution in [0.1, 0.15) is 24.5 Å². The van der Waals surface area contributed by atoms with Crippen molar-refractivity contribution in [3.05, 3.63) is 59.4 Å². The molecule has 0 heterocycles. The molecule has 2 aromatic rings. The molecule has 5 heteroatoms. The fourth-order valence-corrected chi connectivity index (χ4v) is 2.49. The summed E-state index contributed by atoms with van der Waals surface area (Å²) in [5, 5.41) is 2.84. The first-order valence-corrected chi connectivity index (χ1v) is 7.77. The van der Waals surface area contributed by atoms with Crippen LogP contribution in [-0.4, -0.2) is 18.4 Å². The van der Waals surface area contributed by atoms with Gasteiger partial charge in [-0.2, -0.15) is 0 Å². The standard InChI is InChI=1S/C19H21FN2O2/c1-13-7-8-18(14(2)11-13)21-19(24)9-10-22(15(3)23)17-6-4-5-16(20)12-17/h4-8,11-12H,9-10H2,1-3H3,(H,21,24). The van der Waals surface area contributed by atoms with Crippen LogP contribution in [-0.2, 0) is 9.59 Å². The summed E-state index contributed by atoms with van der Waals surface area (Å²) in [6.45, 7) is 5.50. The minimum Gasteiger partial charge on any atom is -0.326 e. The van der Waals surface area contributed by atoms with Gasteiger partial charge in [0.1, 0.15) is 5.82 Å². The lowest BCUT2D eigenvalue weighted by Crippen LogP contribution is -2.32. The number of halogens is 1. The average Bonchev–Trinajstić information content (AvgIpc) is 2.50. The molecular formula is C19H21FN2O2. The maximum Gasteiger partial charge on any atom is 0.226 e. The molecule has 2 amide bonds. The van der Waals surface area contributed by atoms with Crippen molar-refractivity contribution in [2.45, 2.75) is 27.2 Å². The van der Waals surface area contributed by atoms with Crippen LogP contribution in [0.3, 0.4) is 0 Å². The lowest BCUT2D eigenvalue weighted by molar-refractivity contribution is -0.117. The van der Waals surface area contributed by atoms with Crippen LogP contribution >= 0.6 is 0 Å². The molecule has 0 unspecified atom stereocenters. The van der Waals surface area contributed by atoms with Crippen molar-refractivity contribution >= 4 is 23.2 Å². The monoisotopic (exact) mass is 328 g/mol. The fraction of sp³-hybridized carbons (Fsp3) is 0.263. The molecule has 2 aromatic carbocycles. The molecule has 0 radical (unpaired) electrons. The zero-order valence-electron chi connectivity index (χ0n) is 14.1. The molecule has 0 spiro atoms. The van der Waals surface area contributed by atoms with Gasteiger partial charge in [0.2, 0.25) is 11.8 Å². The molecule has 0 bridgehead atoms. The first-order valence-electron chi connectivity index (χ1n) is 7.77. The van der Waals surface area contributed by atoms with Gasteiger partial charge in [0.15, 0.2) is 0 Å². The number of benzene rings is 2. The number of carbonyl (C=O) groups excluding carboxylic acids is 2. The van der Waals surface area contributed by atoms with Gasteiger partial charge in [-0.15, -0.1) is 0 Å². The Labute approximate surface area is 141 Å². The quantitative estimate of drug-likeness (QED) is 0.907. The number of hydrogen-bond acceptors (Lipinski definition) is 2. The molecule has 1 N–H and O–H groups in total. The summed E-state index contributed by atoms with van der Waals surface area (Å²) in [4.78, 5) is 25.3. The van der Waals surface area contributed by atoms with E-state index in [1.165, 1.54) is 30.0 Å². The van der Waals surface area contributed by atoms with Crippen molar-refractivity contribution in [3.8, 4) is 0 Å². The minimum atomic E-state index is -0.418. The van der Waals surface area contributed by atoms with E-state index in [1.54, 1.807) is 6.07 Å². The summed E-state index contributed by atoms with van der Waals surface area (Å²) in [7, 11) is 0. The predicted molar refractivity (Wildman–Crippen MR) is 93.6 cm³/mol. The highest BCUT2D eigenvalue weighted by Crippen LogP contribution is 2.18. The summed E-state index contributed by atoms with van der Waals surface area (Å²) in [6, 6.07) is 11.6. The largest absolute Gasteiger partial charge is 0.326 e. The molecule has 126 valence electrons. The molecule has 4 nitrogen and oxygen atoms in total. The van der Waals surface area contributed by atoms with Gasteiger partial charge in [-0.05, 0) is 43.7 Å². The Hall–Kier alpha value is -2.69. The van der Waals surface area contributed by atoms with E-state index in [-0.39, 0.29) is 24.8 Å². The van der Waals surface area contributed by atoms with Gasteiger partial charge in [0, 0.05) is 31.3 Å². The molecule has 0 aliphatic carbocycles. The molecular weight excluding hydrogens is 307 g/mol. The zero-order chi connectivity index (χ0) is 17.7. The van der Waals surface area contributed by atoms with E-state index in [0.29, 0.717) is 5.69 Å². The third kappa shape index (κ3) is 4.65. The SMILES string of the molecule is CC(=O)N(CCC(=O)Nc1ccc(C)cc1C)c1cccc(F)c1. The summed E-state index contributed by atoms with van der Waals surface area (Å²) >= 11 is 0. The van der Waals surface area contributed by atoms with Crippen molar-refractivity contribution in [1.29, 1.82) is 0 Å². The maximum absolute atomic E-state index is 13.3. The third-order valence-corrected chi connectivity index (χ3v) is 3.72. The molecule has 2 rings (SSSR count). The van der Waals surface area contributed by atoms with Gasteiger partial charge in [0.25, 0.3) is 0 Å². The van der Waals surface area contributed by atoms with Gasteiger partial charge in [0.05, 0.1) is 0 Å². The molecule has 0 fully saturated rings. The van der Waals surface area contributed by atoms with Crippen LogP contribution in [0.15, 0.2) is 42.5 Å². The summed E-state index contributed by atoms with van der Waals surface area (Å²) in [5.74, 6) is -0.844. The second-order valence-corrected chi connectivity index (χ2v) is 5.77. The fourth-order valence-electron chi connectivity index (χ4n) is 2.49. The van der Waals surface area contributed by atoms with E-state index < -0.39 is 5.82 Å². The second-order valence-electron chi connectivity index (χ2n) is 5.77. The molecule has 0 aliphatic rings. The highest BCUT2D eigenvalue weighted by molar-refractivity contribution is 5.95. The Morgan fingerprint density at radius 3 is 2.50 bits per heavy atom. The van der Waals surface area contributed by atoms with Crippen molar-refractivity contribution in [1.82, 2.24) is 0 Å². The Morgan fingerprint density at radius 2 is 1.88 bits per heavy atom. The Morgan fingerprint density at radius 1 is 1.12 bits per heavy atom. The third-order valence-electron chi connectivity index (χ3n) is 3.72. The second kappa shape index (κ2) is 7.73. The first kappa shape index (κ1) is 17.7. The predicted octanol–water partition coefficient (Wildman–Crippen LogP) is 3.82. The summed E-state index contributed by atoms with van der Waals surface area (Å²) in [5.41, 5.74) is 3.31. The number of anilines is 2. The van der Waals surface area contributed by atoms with E-state index >= 15 is 0 Å². The van der Waals surface area contributed by atoms with Crippen LogP contribution < -0.4 is 10.2 Å². The van der Waals surface area contributed by atoms with Gasteiger partial charge in [-0.3, -0.25) is 9.59 Å². The Bertz CT molecular complexity index is 759. The number of nitrogens with zero attached hydrogens (tertiary/aromatic N) is 1. The summed E-state index contributed by atoms with van der Waals surface area (Å²) < 4.78 is 13.3. The van der Waals surface area contributed by atoms with E-state index in [2.05, 4.69) is 5.32 Å². The van der Waals surface area contributed by atoms with E-state index in [1.807, 2.05) is 32.0 Å². The topological polar surface area (TPSA) is 49.4 Å². The molecule has 0 aliphatic heterocycles. The maximum atomic E-state index is 13.3. The Balaban J connectivity index is 2.01. The lowest BCUT2D eigenvalue weighted by atomic mass is 10.1. The normalized spacial score (nSPS) is 10.3. The Kier molecular flexibility index (Phi) is 5.68. The average molecular weight is 328 g/mol. The highest BCUT2D eigenvalue weighted by atomic mass is 19.1. The number of hydrogen-bond donors (Lipinski definition) is 1. The van der Waals surface area contributed by atoms with Crippen LogP contribution in [0.4, 0.5) is 15.8 Å². The van der Waals surface area contributed by atoms with Crippen molar-refractivity contribution in [2.24, 2.45) is 0 Å². The van der Waals surface area contributed by atoms with Crippen LogP contribution in [0, 0.1) is 19.7 Å². The first-order chi connectivity index (χ1) is 11.4. The molecule has 0 aromatic heterocycles. The lowest BCUT2D eigenvalue weighted by Gasteiger charge is -2.21. The van der Waals surface area contributed by atoms with Crippen molar-refractivity contribution in [2.75, 3.05) is 16.8 Å². The number of aryl methyl sites for hydroxylation is 2. The summed E-state index contributed by atoms with van der Waals surface area (Å²) in [6.07, 6.45) is 0.128. The molecule has 0 saturated carbocycles. The van der Waals surface area contributed by atoms with Crippen LogP contribution in [0.5, 0.6) is 0 Å². The minimum absolute atomic E-state index is 0.128. The van der Waals surface area contributed by atoms with Crippen molar-refractivity contribution < 1.29 is 14.0 Å². The van der Waals surface area contributed by atoms with Crippen LogP contribution in [0.2, 0.25) is 0 Å².